The molecule has 102 valence electrons. The molecule has 1 rings (SSSR count). The molecule has 2 nitrogen and oxygen atoms in total. The molecule has 0 fully saturated rings. The average molecular weight is 289 g/mol. The minimum atomic E-state index is -3.70. The molecule has 0 N–H and O–H groups in total. The molecule has 0 aromatic heterocycles. The summed E-state index contributed by atoms with van der Waals surface area (Å²) in [5, 5.41) is 0. The number of benzene rings is 1. The van der Waals surface area contributed by atoms with Crippen LogP contribution in [0.5, 0.6) is 0 Å². The molecule has 0 unspecified atom stereocenters. The van der Waals surface area contributed by atoms with Crippen LogP contribution in [0.3, 0.4) is 0 Å². The fourth-order valence-corrected chi connectivity index (χ4v) is 4.15. The van der Waals surface area contributed by atoms with Gasteiger partial charge in [-0.25, -0.2) is 8.42 Å². The molecular weight excluding hydrogens is 268 g/mol. The monoisotopic (exact) mass is 288 g/mol. The van der Waals surface area contributed by atoms with Gasteiger partial charge in [0.15, 0.2) is 0 Å². The topological polar surface area (TPSA) is 34.1 Å². The Morgan fingerprint density at radius 3 is 1.50 bits per heavy atom. The standard InChI is InChI=1S/C14H21ClO2S/c1-8(2)12-7-13(9(3)4)11(6)14(10(12)5)18(15,16)17/h7-9H,1-6H3. The summed E-state index contributed by atoms with van der Waals surface area (Å²) in [6.07, 6.45) is 0. The highest BCUT2D eigenvalue weighted by molar-refractivity contribution is 8.13. The van der Waals surface area contributed by atoms with Gasteiger partial charge in [0.2, 0.25) is 0 Å². The van der Waals surface area contributed by atoms with Crippen molar-refractivity contribution in [2.24, 2.45) is 0 Å². The molecule has 0 radical (unpaired) electrons. The van der Waals surface area contributed by atoms with Crippen molar-refractivity contribution in [2.45, 2.75) is 58.3 Å². The molecule has 0 saturated heterocycles. The van der Waals surface area contributed by atoms with Gasteiger partial charge in [-0.2, -0.15) is 0 Å². The summed E-state index contributed by atoms with van der Waals surface area (Å²) in [4.78, 5) is 0.291. The van der Waals surface area contributed by atoms with Gasteiger partial charge in [0.25, 0.3) is 9.05 Å². The van der Waals surface area contributed by atoms with Crippen molar-refractivity contribution in [3.05, 3.63) is 28.3 Å². The first-order valence-electron chi connectivity index (χ1n) is 6.16. The Kier molecular flexibility index (Phi) is 4.50. The molecule has 18 heavy (non-hydrogen) atoms. The highest BCUT2D eigenvalue weighted by Crippen LogP contribution is 2.35. The van der Waals surface area contributed by atoms with E-state index in [9.17, 15) is 8.42 Å². The molecule has 1 aromatic rings. The summed E-state index contributed by atoms with van der Waals surface area (Å²) < 4.78 is 23.6. The molecule has 0 heterocycles. The maximum Gasteiger partial charge on any atom is 0.261 e. The summed E-state index contributed by atoms with van der Waals surface area (Å²) >= 11 is 0. The Labute approximate surface area is 115 Å². The second kappa shape index (κ2) is 5.22. The molecule has 0 bridgehead atoms. The molecule has 0 aliphatic rings. The summed E-state index contributed by atoms with van der Waals surface area (Å²) in [7, 11) is 1.89. The van der Waals surface area contributed by atoms with Gasteiger partial charge in [-0.15, -0.1) is 0 Å². The fraction of sp³-hybridized carbons (Fsp3) is 0.571. The fourth-order valence-electron chi connectivity index (χ4n) is 2.49. The van der Waals surface area contributed by atoms with Gasteiger partial charge in [0.05, 0.1) is 4.90 Å². The lowest BCUT2D eigenvalue weighted by Crippen LogP contribution is -2.08. The molecule has 0 amide bonds. The van der Waals surface area contributed by atoms with Crippen molar-refractivity contribution in [3.63, 3.8) is 0 Å². The highest BCUT2D eigenvalue weighted by atomic mass is 35.7. The summed E-state index contributed by atoms with van der Waals surface area (Å²) in [6, 6.07) is 2.12. The second-order valence-corrected chi connectivity index (χ2v) is 7.88. The molecule has 4 heteroatoms. The minimum Gasteiger partial charge on any atom is -0.207 e. The van der Waals surface area contributed by atoms with Gasteiger partial charge in [-0.05, 0) is 47.9 Å². The van der Waals surface area contributed by atoms with E-state index in [1.165, 1.54) is 0 Å². The van der Waals surface area contributed by atoms with Crippen LogP contribution in [-0.4, -0.2) is 8.42 Å². The predicted molar refractivity (Wildman–Crippen MR) is 77.1 cm³/mol. The number of halogens is 1. The van der Waals surface area contributed by atoms with Gasteiger partial charge in [0.1, 0.15) is 0 Å². The lowest BCUT2D eigenvalue weighted by molar-refractivity contribution is 0.607. The van der Waals surface area contributed by atoms with E-state index in [1.54, 1.807) is 0 Å². The van der Waals surface area contributed by atoms with Crippen molar-refractivity contribution < 1.29 is 8.42 Å². The molecule has 0 aliphatic heterocycles. The number of hydrogen-bond acceptors (Lipinski definition) is 2. The Hall–Kier alpha value is -0.540. The van der Waals surface area contributed by atoms with Crippen molar-refractivity contribution in [1.29, 1.82) is 0 Å². The van der Waals surface area contributed by atoms with E-state index in [4.69, 9.17) is 10.7 Å². The second-order valence-electron chi connectivity index (χ2n) is 5.38. The number of hydrogen-bond donors (Lipinski definition) is 0. The van der Waals surface area contributed by atoms with Crippen LogP contribution in [0.15, 0.2) is 11.0 Å². The molecule has 0 spiro atoms. The Balaban J connectivity index is 3.80. The normalized spacial score (nSPS) is 12.5. The lowest BCUT2D eigenvalue weighted by Gasteiger charge is -2.20. The van der Waals surface area contributed by atoms with E-state index in [1.807, 2.05) is 13.8 Å². The van der Waals surface area contributed by atoms with Crippen LogP contribution in [-0.2, 0) is 9.05 Å². The molecular formula is C14H21ClO2S. The summed E-state index contributed by atoms with van der Waals surface area (Å²) in [5.41, 5.74) is 3.68. The van der Waals surface area contributed by atoms with E-state index in [0.29, 0.717) is 4.90 Å². The third kappa shape index (κ3) is 2.89. The van der Waals surface area contributed by atoms with Gasteiger partial charge in [0, 0.05) is 10.7 Å². The van der Waals surface area contributed by atoms with Crippen LogP contribution in [0.4, 0.5) is 0 Å². The smallest absolute Gasteiger partial charge is 0.207 e. The van der Waals surface area contributed by atoms with Gasteiger partial charge in [-0.3, -0.25) is 0 Å². The Morgan fingerprint density at radius 2 is 1.28 bits per heavy atom. The molecule has 0 atom stereocenters. The van der Waals surface area contributed by atoms with Crippen LogP contribution < -0.4 is 0 Å². The number of rotatable bonds is 3. The van der Waals surface area contributed by atoms with Crippen LogP contribution in [0.25, 0.3) is 0 Å². The third-order valence-corrected chi connectivity index (χ3v) is 4.91. The molecule has 1 aromatic carbocycles. The van der Waals surface area contributed by atoms with E-state index >= 15 is 0 Å². The zero-order valence-corrected chi connectivity index (χ0v) is 13.4. The SMILES string of the molecule is Cc1c(C(C)C)cc(C(C)C)c(C)c1S(=O)(=O)Cl. The third-order valence-electron chi connectivity index (χ3n) is 3.35. The van der Waals surface area contributed by atoms with Gasteiger partial charge in [-0.1, -0.05) is 33.8 Å². The van der Waals surface area contributed by atoms with Crippen molar-refractivity contribution >= 4 is 19.7 Å². The minimum absolute atomic E-state index is 0.278. The maximum atomic E-state index is 11.8. The van der Waals surface area contributed by atoms with Crippen LogP contribution in [0.2, 0.25) is 0 Å². The quantitative estimate of drug-likeness (QED) is 0.769. The van der Waals surface area contributed by atoms with E-state index in [0.717, 1.165) is 22.3 Å². The predicted octanol–water partition coefficient (Wildman–Crippen LogP) is 4.48. The molecule has 0 saturated carbocycles. The maximum absolute atomic E-state index is 11.8. The first-order valence-corrected chi connectivity index (χ1v) is 8.47. The van der Waals surface area contributed by atoms with Gasteiger partial charge >= 0.3 is 0 Å². The lowest BCUT2D eigenvalue weighted by atomic mass is 9.89. The first kappa shape index (κ1) is 15.5. The largest absolute Gasteiger partial charge is 0.261 e. The van der Waals surface area contributed by atoms with Crippen LogP contribution in [0.1, 0.15) is 61.8 Å². The Bertz CT molecular complexity index is 525. The Morgan fingerprint density at radius 1 is 0.944 bits per heavy atom. The zero-order valence-electron chi connectivity index (χ0n) is 11.8. The zero-order chi connectivity index (χ0) is 14.2. The molecule has 0 aliphatic carbocycles. The van der Waals surface area contributed by atoms with Gasteiger partial charge < -0.3 is 0 Å². The van der Waals surface area contributed by atoms with Crippen LogP contribution in [0, 0.1) is 13.8 Å². The van der Waals surface area contributed by atoms with E-state index in [-0.39, 0.29) is 11.8 Å². The van der Waals surface area contributed by atoms with E-state index < -0.39 is 9.05 Å². The highest BCUT2D eigenvalue weighted by Gasteiger charge is 2.23. The first-order chi connectivity index (χ1) is 8.07. The average Bonchev–Trinajstić information content (AvgIpc) is 2.13. The van der Waals surface area contributed by atoms with Crippen molar-refractivity contribution in [1.82, 2.24) is 0 Å². The van der Waals surface area contributed by atoms with Crippen LogP contribution >= 0.6 is 10.7 Å². The summed E-state index contributed by atoms with van der Waals surface area (Å²) in [6.45, 7) is 11.9. The summed E-state index contributed by atoms with van der Waals surface area (Å²) in [5.74, 6) is 0.556. The van der Waals surface area contributed by atoms with Crippen molar-refractivity contribution in [2.75, 3.05) is 0 Å². The van der Waals surface area contributed by atoms with Crippen molar-refractivity contribution in [3.8, 4) is 0 Å². The van der Waals surface area contributed by atoms with E-state index in [2.05, 4.69) is 33.8 Å².